The quantitative estimate of drug-likeness (QED) is 0.473. The summed E-state index contributed by atoms with van der Waals surface area (Å²) in [5.74, 6) is 1.48. The molecule has 0 bridgehead atoms. The summed E-state index contributed by atoms with van der Waals surface area (Å²) < 4.78 is 11.0. The maximum Gasteiger partial charge on any atom is 0.243 e. The summed E-state index contributed by atoms with van der Waals surface area (Å²) in [4.78, 5) is 28.2. The highest BCUT2D eigenvalue weighted by atomic mass is 16.5. The second kappa shape index (κ2) is 12.9. The van der Waals surface area contributed by atoms with E-state index >= 15 is 0 Å². The third kappa shape index (κ3) is 7.52. The average Bonchev–Trinajstić information content (AvgIpc) is 3.35. The van der Waals surface area contributed by atoms with Crippen molar-refractivity contribution in [1.82, 2.24) is 10.2 Å². The molecular weight excluding hydrogens is 416 g/mol. The highest BCUT2D eigenvalue weighted by Gasteiger charge is 2.30. The molecule has 2 aromatic rings. The van der Waals surface area contributed by atoms with E-state index in [1.165, 1.54) is 0 Å². The Morgan fingerprint density at radius 1 is 1.03 bits per heavy atom. The van der Waals surface area contributed by atoms with Crippen LogP contribution in [-0.2, 0) is 16.1 Å². The minimum Gasteiger partial charge on any atom is -0.497 e. The van der Waals surface area contributed by atoms with Gasteiger partial charge in [-0.1, -0.05) is 50.1 Å². The lowest BCUT2D eigenvalue weighted by Gasteiger charge is -2.31. The Labute approximate surface area is 197 Å². The summed E-state index contributed by atoms with van der Waals surface area (Å²) in [6.07, 6.45) is 5.83. The molecule has 0 radical (unpaired) electrons. The summed E-state index contributed by atoms with van der Waals surface area (Å²) in [6, 6.07) is 17.0. The Hall–Kier alpha value is -3.02. The van der Waals surface area contributed by atoms with Gasteiger partial charge in [0.1, 0.15) is 17.5 Å². The minimum absolute atomic E-state index is 0.0316. The average molecular weight is 453 g/mol. The van der Waals surface area contributed by atoms with Crippen molar-refractivity contribution in [2.24, 2.45) is 0 Å². The normalized spacial score (nSPS) is 14.5. The Morgan fingerprint density at radius 2 is 1.73 bits per heavy atom. The lowest BCUT2D eigenvalue weighted by atomic mass is 10.1. The monoisotopic (exact) mass is 452 g/mol. The van der Waals surface area contributed by atoms with Gasteiger partial charge in [0.2, 0.25) is 11.8 Å². The minimum atomic E-state index is -0.491. The molecule has 0 aliphatic heterocycles. The first kappa shape index (κ1) is 24.6. The Kier molecular flexibility index (Phi) is 9.60. The first-order valence-corrected chi connectivity index (χ1v) is 12.0. The van der Waals surface area contributed by atoms with Gasteiger partial charge < -0.3 is 19.7 Å². The molecule has 1 aliphatic carbocycles. The van der Waals surface area contributed by atoms with Crippen molar-refractivity contribution < 1.29 is 19.1 Å². The molecule has 3 rings (SSSR count). The number of methoxy groups -OCH3 is 1. The first-order valence-electron chi connectivity index (χ1n) is 12.0. The highest BCUT2D eigenvalue weighted by molar-refractivity contribution is 5.87. The Bertz CT molecular complexity index is 863. The summed E-state index contributed by atoms with van der Waals surface area (Å²) >= 11 is 0. The van der Waals surface area contributed by atoms with E-state index < -0.39 is 6.04 Å². The molecule has 6 heteroatoms. The fourth-order valence-electron chi connectivity index (χ4n) is 4.29. The van der Waals surface area contributed by atoms with Crippen LogP contribution in [0.3, 0.4) is 0 Å². The predicted octanol–water partition coefficient (Wildman–Crippen LogP) is 4.72. The third-order valence-corrected chi connectivity index (χ3v) is 6.15. The fourth-order valence-corrected chi connectivity index (χ4v) is 4.29. The van der Waals surface area contributed by atoms with Crippen LogP contribution in [0.15, 0.2) is 54.6 Å². The molecule has 6 nitrogen and oxygen atoms in total. The number of rotatable bonds is 12. The molecule has 1 N–H and O–H groups in total. The van der Waals surface area contributed by atoms with E-state index in [4.69, 9.17) is 9.47 Å². The smallest absolute Gasteiger partial charge is 0.243 e. The van der Waals surface area contributed by atoms with E-state index in [0.29, 0.717) is 32.4 Å². The maximum atomic E-state index is 13.3. The summed E-state index contributed by atoms with van der Waals surface area (Å²) in [5, 5.41) is 3.18. The number of benzene rings is 2. The van der Waals surface area contributed by atoms with Crippen LogP contribution in [0.4, 0.5) is 0 Å². The molecule has 33 heavy (non-hydrogen) atoms. The van der Waals surface area contributed by atoms with Gasteiger partial charge in [-0.15, -0.1) is 0 Å². The number of hydrogen-bond acceptors (Lipinski definition) is 4. The highest BCUT2D eigenvalue weighted by Crippen LogP contribution is 2.20. The number of nitrogens with one attached hydrogen (secondary N) is 1. The standard InChI is InChI=1S/C27H36N2O4/c1-3-25(27(31)28-22-10-7-8-11-22)29(20-21-15-17-23(32-2)18-16-21)26(30)14-9-19-33-24-12-5-4-6-13-24/h4-6,12-13,15-18,22,25H,3,7-11,14,19-20H2,1-2H3,(H,28,31)/t25-/m0/s1. The van der Waals surface area contributed by atoms with Crippen molar-refractivity contribution in [3.63, 3.8) is 0 Å². The SMILES string of the molecule is CC[C@@H](C(=O)NC1CCCC1)N(Cc1ccc(OC)cc1)C(=O)CCCOc1ccccc1. The van der Waals surface area contributed by atoms with Gasteiger partial charge in [0.15, 0.2) is 0 Å². The van der Waals surface area contributed by atoms with Gasteiger partial charge in [0.05, 0.1) is 13.7 Å². The number of carbonyl (C=O) groups excluding carboxylic acids is 2. The van der Waals surface area contributed by atoms with E-state index in [0.717, 1.165) is 42.7 Å². The fraction of sp³-hybridized carbons (Fsp3) is 0.481. The number of hydrogen-bond donors (Lipinski definition) is 1. The number of amides is 2. The van der Waals surface area contributed by atoms with Crippen LogP contribution in [0.1, 0.15) is 57.4 Å². The van der Waals surface area contributed by atoms with Crippen molar-refractivity contribution in [3.8, 4) is 11.5 Å². The summed E-state index contributed by atoms with van der Waals surface area (Å²) in [6.45, 7) is 2.81. The first-order chi connectivity index (χ1) is 16.1. The lowest BCUT2D eigenvalue weighted by molar-refractivity contribution is -0.141. The zero-order chi connectivity index (χ0) is 23.5. The van der Waals surface area contributed by atoms with E-state index in [9.17, 15) is 9.59 Å². The molecular formula is C27H36N2O4. The van der Waals surface area contributed by atoms with Crippen LogP contribution < -0.4 is 14.8 Å². The van der Waals surface area contributed by atoms with Gasteiger partial charge in [-0.05, 0) is 55.5 Å². The van der Waals surface area contributed by atoms with E-state index in [2.05, 4.69) is 5.32 Å². The molecule has 0 saturated heterocycles. The van der Waals surface area contributed by atoms with Crippen molar-refractivity contribution in [3.05, 3.63) is 60.2 Å². The number of carbonyl (C=O) groups is 2. The number of ether oxygens (including phenoxy) is 2. The van der Waals surface area contributed by atoms with E-state index in [1.54, 1.807) is 12.0 Å². The van der Waals surface area contributed by atoms with Gasteiger partial charge in [-0.2, -0.15) is 0 Å². The zero-order valence-corrected chi connectivity index (χ0v) is 19.8. The molecule has 1 aliphatic rings. The Balaban J connectivity index is 1.65. The van der Waals surface area contributed by atoms with Crippen molar-refractivity contribution in [2.75, 3.05) is 13.7 Å². The van der Waals surface area contributed by atoms with Crippen molar-refractivity contribution in [2.45, 2.75) is 70.5 Å². The molecule has 0 unspecified atom stereocenters. The summed E-state index contributed by atoms with van der Waals surface area (Å²) in [5.41, 5.74) is 0.969. The van der Waals surface area contributed by atoms with Crippen LogP contribution in [0, 0.1) is 0 Å². The number of nitrogens with zero attached hydrogens (tertiary/aromatic N) is 1. The van der Waals surface area contributed by atoms with Crippen LogP contribution in [0.25, 0.3) is 0 Å². The molecule has 2 aromatic carbocycles. The van der Waals surface area contributed by atoms with E-state index in [1.807, 2.05) is 61.5 Å². The molecule has 0 aromatic heterocycles. The van der Waals surface area contributed by atoms with Crippen LogP contribution in [0.2, 0.25) is 0 Å². The van der Waals surface area contributed by atoms with E-state index in [-0.39, 0.29) is 17.9 Å². The topological polar surface area (TPSA) is 67.9 Å². The van der Waals surface area contributed by atoms with Gasteiger partial charge >= 0.3 is 0 Å². The van der Waals surface area contributed by atoms with Gasteiger partial charge in [0, 0.05) is 19.0 Å². The van der Waals surface area contributed by atoms with Crippen LogP contribution in [-0.4, -0.2) is 42.5 Å². The molecule has 2 amide bonds. The molecule has 1 atom stereocenters. The maximum absolute atomic E-state index is 13.3. The van der Waals surface area contributed by atoms with Crippen LogP contribution in [0.5, 0.6) is 11.5 Å². The van der Waals surface area contributed by atoms with Crippen molar-refractivity contribution >= 4 is 11.8 Å². The molecule has 0 heterocycles. The van der Waals surface area contributed by atoms with Gasteiger partial charge in [-0.3, -0.25) is 9.59 Å². The molecule has 1 saturated carbocycles. The summed E-state index contributed by atoms with van der Waals surface area (Å²) in [7, 11) is 1.63. The van der Waals surface area contributed by atoms with Gasteiger partial charge in [0.25, 0.3) is 0 Å². The second-order valence-electron chi connectivity index (χ2n) is 8.55. The molecule has 178 valence electrons. The third-order valence-electron chi connectivity index (χ3n) is 6.15. The molecule has 0 spiro atoms. The van der Waals surface area contributed by atoms with Crippen LogP contribution >= 0.6 is 0 Å². The lowest BCUT2D eigenvalue weighted by Crippen LogP contribution is -2.50. The zero-order valence-electron chi connectivity index (χ0n) is 19.8. The van der Waals surface area contributed by atoms with Crippen molar-refractivity contribution in [1.29, 1.82) is 0 Å². The largest absolute Gasteiger partial charge is 0.497 e. The second-order valence-corrected chi connectivity index (χ2v) is 8.55. The predicted molar refractivity (Wildman–Crippen MR) is 129 cm³/mol. The Morgan fingerprint density at radius 3 is 2.36 bits per heavy atom. The number of para-hydroxylation sites is 1. The van der Waals surface area contributed by atoms with Gasteiger partial charge in [-0.25, -0.2) is 0 Å². The molecule has 1 fully saturated rings.